The summed E-state index contributed by atoms with van der Waals surface area (Å²) in [6.07, 6.45) is -3.56. The van der Waals surface area contributed by atoms with E-state index in [4.69, 9.17) is 11.6 Å². The lowest BCUT2D eigenvalue weighted by molar-refractivity contribution is -0.136. The molecule has 0 fully saturated rings. The predicted molar refractivity (Wildman–Crippen MR) is 106 cm³/mol. The van der Waals surface area contributed by atoms with Gasteiger partial charge in [-0.2, -0.15) is 13.2 Å². The highest BCUT2D eigenvalue weighted by Crippen LogP contribution is 2.37. The molecule has 0 unspecified atom stereocenters. The van der Waals surface area contributed by atoms with Crippen molar-refractivity contribution >= 4 is 34.5 Å². The van der Waals surface area contributed by atoms with Gasteiger partial charge in [0, 0.05) is 22.2 Å². The Balaban J connectivity index is 1.82. The zero-order valence-electron chi connectivity index (χ0n) is 15.0. The standard InChI is InChI=1S/C20H12ClF4N3OS/c21-17-16(19(29)26-9-12-4-3-7-30-12)27-18-14(20(23,24)25)8-11(10-28(17)18)13-5-1-2-6-15(13)22/h1-8,10H,9H2,(H,26,29). The van der Waals surface area contributed by atoms with Gasteiger partial charge in [0.2, 0.25) is 0 Å². The van der Waals surface area contributed by atoms with Crippen LogP contribution >= 0.6 is 22.9 Å². The minimum atomic E-state index is -4.79. The number of rotatable bonds is 4. The molecular formula is C20H12ClF4N3OS. The molecule has 4 nitrogen and oxygen atoms in total. The van der Waals surface area contributed by atoms with Gasteiger partial charge in [0.15, 0.2) is 11.3 Å². The number of nitrogens with one attached hydrogen (secondary N) is 1. The summed E-state index contributed by atoms with van der Waals surface area (Å²) in [5.74, 6) is -1.40. The molecule has 154 valence electrons. The van der Waals surface area contributed by atoms with E-state index in [0.29, 0.717) is 0 Å². The molecule has 30 heavy (non-hydrogen) atoms. The molecule has 1 N–H and O–H groups in total. The van der Waals surface area contributed by atoms with Crippen LogP contribution in [0.3, 0.4) is 0 Å². The summed E-state index contributed by atoms with van der Waals surface area (Å²) >= 11 is 7.63. The molecule has 0 aliphatic heterocycles. The summed E-state index contributed by atoms with van der Waals surface area (Å²) in [5.41, 5.74) is -2.07. The van der Waals surface area contributed by atoms with Crippen molar-refractivity contribution in [2.45, 2.75) is 12.7 Å². The van der Waals surface area contributed by atoms with Gasteiger partial charge in [0.05, 0.1) is 12.1 Å². The van der Waals surface area contributed by atoms with Gasteiger partial charge in [-0.15, -0.1) is 11.3 Å². The van der Waals surface area contributed by atoms with E-state index < -0.39 is 29.1 Å². The Morgan fingerprint density at radius 1 is 1.20 bits per heavy atom. The summed E-state index contributed by atoms with van der Waals surface area (Å²) in [7, 11) is 0. The molecular weight excluding hydrogens is 442 g/mol. The second-order valence-corrected chi connectivity index (χ2v) is 7.72. The Bertz CT molecular complexity index is 1240. The maximum atomic E-state index is 14.2. The van der Waals surface area contributed by atoms with Crippen LogP contribution < -0.4 is 5.32 Å². The van der Waals surface area contributed by atoms with Gasteiger partial charge in [-0.05, 0) is 23.6 Å². The number of halogens is 5. The van der Waals surface area contributed by atoms with Gasteiger partial charge in [0.25, 0.3) is 5.91 Å². The minimum absolute atomic E-state index is 0.0293. The topological polar surface area (TPSA) is 46.4 Å². The molecule has 0 atom stereocenters. The lowest BCUT2D eigenvalue weighted by atomic mass is 10.0. The molecule has 0 aliphatic rings. The highest BCUT2D eigenvalue weighted by molar-refractivity contribution is 7.09. The van der Waals surface area contributed by atoms with Crippen LogP contribution in [0, 0.1) is 5.82 Å². The van der Waals surface area contributed by atoms with Gasteiger partial charge >= 0.3 is 6.18 Å². The molecule has 0 bridgehead atoms. The summed E-state index contributed by atoms with van der Waals surface area (Å²) in [6.45, 7) is 0.188. The smallest absolute Gasteiger partial charge is 0.346 e. The van der Waals surface area contributed by atoms with Crippen LogP contribution in [0.4, 0.5) is 17.6 Å². The monoisotopic (exact) mass is 453 g/mol. The SMILES string of the molecule is O=C(NCc1cccs1)c1nc2c(C(F)(F)F)cc(-c3ccccc3F)cn2c1Cl. The number of hydrogen-bond acceptors (Lipinski definition) is 3. The number of carbonyl (C=O) groups is 1. The number of benzene rings is 1. The van der Waals surface area contributed by atoms with Crippen molar-refractivity contribution in [3.63, 3.8) is 0 Å². The van der Waals surface area contributed by atoms with Crippen molar-refractivity contribution in [1.29, 1.82) is 0 Å². The lowest BCUT2D eigenvalue weighted by Gasteiger charge is -2.12. The summed E-state index contributed by atoms with van der Waals surface area (Å²) < 4.78 is 56.2. The molecule has 1 amide bonds. The largest absolute Gasteiger partial charge is 0.420 e. The zero-order chi connectivity index (χ0) is 21.5. The first kappa shape index (κ1) is 20.4. The molecule has 4 rings (SSSR count). The number of pyridine rings is 1. The molecule has 0 spiro atoms. The van der Waals surface area contributed by atoms with Gasteiger partial charge < -0.3 is 5.32 Å². The maximum Gasteiger partial charge on any atom is 0.420 e. The molecule has 3 heterocycles. The Morgan fingerprint density at radius 2 is 1.97 bits per heavy atom. The van der Waals surface area contributed by atoms with Crippen LogP contribution in [-0.4, -0.2) is 15.3 Å². The van der Waals surface area contributed by atoms with E-state index in [9.17, 15) is 22.4 Å². The number of alkyl halides is 3. The van der Waals surface area contributed by atoms with Crippen LogP contribution in [0.2, 0.25) is 5.15 Å². The predicted octanol–water partition coefficient (Wildman–Crippen LogP) is 5.80. The number of fused-ring (bicyclic) bond motifs is 1. The first-order valence-corrected chi connectivity index (χ1v) is 9.85. The number of carbonyl (C=O) groups excluding carboxylic acids is 1. The molecule has 0 saturated carbocycles. The van der Waals surface area contributed by atoms with Crippen molar-refractivity contribution in [3.8, 4) is 11.1 Å². The fraction of sp³-hybridized carbons (Fsp3) is 0.100. The number of imidazole rings is 1. The van der Waals surface area contributed by atoms with Crippen LogP contribution in [0.25, 0.3) is 16.8 Å². The third kappa shape index (κ3) is 3.78. The maximum absolute atomic E-state index is 14.2. The molecule has 0 saturated heterocycles. The first-order chi connectivity index (χ1) is 14.3. The molecule has 3 aromatic heterocycles. The highest BCUT2D eigenvalue weighted by atomic mass is 35.5. The fourth-order valence-corrected chi connectivity index (χ4v) is 3.88. The number of amides is 1. The number of aromatic nitrogens is 2. The van der Waals surface area contributed by atoms with E-state index in [2.05, 4.69) is 10.3 Å². The summed E-state index contributed by atoms with van der Waals surface area (Å²) in [6, 6.07) is 9.85. The molecule has 0 aliphatic carbocycles. The molecule has 1 aromatic carbocycles. The normalized spacial score (nSPS) is 11.8. The van der Waals surface area contributed by atoms with E-state index >= 15 is 0 Å². The second-order valence-electron chi connectivity index (χ2n) is 6.33. The molecule has 0 radical (unpaired) electrons. The second kappa shape index (κ2) is 7.73. The third-order valence-corrected chi connectivity index (χ3v) is 5.61. The van der Waals surface area contributed by atoms with Crippen LogP contribution in [0.1, 0.15) is 20.9 Å². The third-order valence-electron chi connectivity index (χ3n) is 4.37. The number of nitrogens with zero attached hydrogens (tertiary/aromatic N) is 2. The first-order valence-electron chi connectivity index (χ1n) is 8.60. The van der Waals surface area contributed by atoms with Gasteiger partial charge in [0.1, 0.15) is 11.0 Å². The van der Waals surface area contributed by atoms with Crippen molar-refractivity contribution in [3.05, 3.63) is 81.1 Å². The van der Waals surface area contributed by atoms with Crippen LogP contribution in [0.5, 0.6) is 0 Å². The van der Waals surface area contributed by atoms with E-state index in [1.807, 2.05) is 11.4 Å². The van der Waals surface area contributed by atoms with Gasteiger partial charge in [-0.1, -0.05) is 35.9 Å². The average Bonchev–Trinajstić information content (AvgIpc) is 3.33. The quantitative estimate of drug-likeness (QED) is 0.397. The number of hydrogen-bond donors (Lipinski definition) is 1. The van der Waals surface area contributed by atoms with E-state index in [1.54, 1.807) is 6.07 Å². The van der Waals surface area contributed by atoms with Crippen molar-refractivity contribution in [2.75, 3.05) is 0 Å². The summed E-state index contributed by atoms with van der Waals surface area (Å²) in [5, 5.41) is 4.13. The summed E-state index contributed by atoms with van der Waals surface area (Å²) in [4.78, 5) is 17.2. The van der Waals surface area contributed by atoms with Crippen LogP contribution in [-0.2, 0) is 12.7 Å². The van der Waals surface area contributed by atoms with Crippen molar-refractivity contribution in [1.82, 2.24) is 14.7 Å². The Kier molecular flexibility index (Phi) is 5.25. The molecule has 4 aromatic rings. The van der Waals surface area contributed by atoms with E-state index in [0.717, 1.165) is 21.4 Å². The van der Waals surface area contributed by atoms with Gasteiger partial charge in [-0.3, -0.25) is 9.20 Å². The highest BCUT2D eigenvalue weighted by Gasteiger charge is 2.36. The van der Waals surface area contributed by atoms with E-state index in [1.165, 1.54) is 35.7 Å². The molecule has 10 heteroatoms. The van der Waals surface area contributed by atoms with Crippen molar-refractivity contribution < 1.29 is 22.4 Å². The minimum Gasteiger partial charge on any atom is -0.346 e. The van der Waals surface area contributed by atoms with E-state index in [-0.39, 0.29) is 28.5 Å². The fourth-order valence-electron chi connectivity index (χ4n) is 2.98. The van der Waals surface area contributed by atoms with Crippen molar-refractivity contribution in [2.24, 2.45) is 0 Å². The Morgan fingerprint density at radius 3 is 2.63 bits per heavy atom. The lowest BCUT2D eigenvalue weighted by Crippen LogP contribution is -2.23. The Labute approximate surface area is 176 Å². The van der Waals surface area contributed by atoms with Gasteiger partial charge in [-0.25, -0.2) is 9.37 Å². The zero-order valence-corrected chi connectivity index (χ0v) is 16.6. The number of thiophene rings is 1. The Hall–Kier alpha value is -2.91. The van der Waals surface area contributed by atoms with Crippen LogP contribution in [0.15, 0.2) is 54.0 Å². The average molecular weight is 454 g/mol.